The Morgan fingerprint density at radius 1 is 1.58 bits per heavy atom. The van der Waals surface area contributed by atoms with Crippen molar-refractivity contribution in [1.29, 1.82) is 0 Å². The molecule has 1 atom stereocenters. The second kappa shape index (κ2) is 6.48. The van der Waals surface area contributed by atoms with E-state index < -0.39 is 5.82 Å². The SMILES string of the molecule is CNC[C@@H]1CCCN(C(=O)c2cc(Br)ccc2F)C1. The van der Waals surface area contributed by atoms with Crippen molar-refractivity contribution in [2.24, 2.45) is 5.92 Å². The fourth-order valence-electron chi connectivity index (χ4n) is 2.54. The van der Waals surface area contributed by atoms with Gasteiger partial charge in [0.15, 0.2) is 0 Å². The van der Waals surface area contributed by atoms with Gasteiger partial charge in [0, 0.05) is 17.6 Å². The molecule has 3 nitrogen and oxygen atoms in total. The second-order valence-electron chi connectivity index (χ2n) is 4.94. The minimum absolute atomic E-state index is 0.152. The zero-order valence-corrected chi connectivity index (χ0v) is 12.5. The van der Waals surface area contributed by atoms with E-state index in [2.05, 4.69) is 21.2 Å². The van der Waals surface area contributed by atoms with E-state index in [1.807, 2.05) is 7.05 Å². The fraction of sp³-hybridized carbons (Fsp3) is 0.500. The van der Waals surface area contributed by atoms with Crippen molar-refractivity contribution in [3.05, 3.63) is 34.1 Å². The van der Waals surface area contributed by atoms with Crippen molar-refractivity contribution in [3.63, 3.8) is 0 Å². The lowest BCUT2D eigenvalue weighted by atomic mass is 9.97. The predicted octanol–water partition coefficient (Wildman–Crippen LogP) is 2.66. The molecule has 1 aromatic carbocycles. The van der Waals surface area contributed by atoms with Crippen LogP contribution in [0, 0.1) is 11.7 Å². The second-order valence-corrected chi connectivity index (χ2v) is 5.86. The summed E-state index contributed by atoms with van der Waals surface area (Å²) in [6.45, 7) is 2.31. The highest BCUT2D eigenvalue weighted by molar-refractivity contribution is 9.10. The zero-order chi connectivity index (χ0) is 13.8. The van der Waals surface area contributed by atoms with Gasteiger partial charge < -0.3 is 10.2 Å². The molecule has 0 unspecified atom stereocenters. The summed E-state index contributed by atoms with van der Waals surface area (Å²) in [5.74, 6) is -0.207. The Kier molecular flexibility index (Phi) is 4.93. The van der Waals surface area contributed by atoms with Gasteiger partial charge in [-0.1, -0.05) is 15.9 Å². The Morgan fingerprint density at radius 2 is 2.37 bits per heavy atom. The minimum Gasteiger partial charge on any atom is -0.338 e. The molecule has 0 aromatic heterocycles. The summed E-state index contributed by atoms with van der Waals surface area (Å²) < 4.78 is 14.5. The van der Waals surface area contributed by atoms with E-state index in [4.69, 9.17) is 0 Å². The summed E-state index contributed by atoms with van der Waals surface area (Å²) in [6.07, 6.45) is 2.10. The molecule has 1 fully saturated rings. The molecule has 0 aliphatic carbocycles. The van der Waals surface area contributed by atoms with Gasteiger partial charge in [0.2, 0.25) is 0 Å². The monoisotopic (exact) mass is 328 g/mol. The van der Waals surface area contributed by atoms with Crippen molar-refractivity contribution in [3.8, 4) is 0 Å². The lowest BCUT2D eigenvalue weighted by Crippen LogP contribution is -2.42. The molecule has 1 aliphatic heterocycles. The molecule has 1 N–H and O–H groups in total. The van der Waals surface area contributed by atoms with Crippen LogP contribution in [0.25, 0.3) is 0 Å². The van der Waals surface area contributed by atoms with Crippen LogP contribution in [0.1, 0.15) is 23.2 Å². The highest BCUT2D eigenvalue weighted by Gasteiger charge is 2.25. The molecule has 0 radical (unpaired) electrons. The summed E-state index contributed by atoms with van der Waals surface area (Å²) in [6, 6.07) is 4.48. The average Bonchev–Trinajstić information content (AvgIpc) is 2.41. The third-order valence-electron chi connectivity index (χ3n) is 3.46. The van der Waals surface area contributed by atoms with Crippen molar-refractivity contribution in [2.45, 2.75) is 12.8 Å². The Balaban J connectivity index is 2.12. The standard InChI is InChI=1S/C14H18BrFN2O/c1-17-8-10-3-2-6-18(9-10)14(19)12-7-11(15)4-5-13(12)16/h4-5,7,10,17H,2-3,6,8-9H2,1H3/t10-/m0/s1. The number of hydrogen-bond donors (Lipinski definition) is 1. The van der Waals surface area contributed by atoms with E-state index in [1.165, 1.54) is 6.07 Å². The first-order valence-corrected chi connectivity index (χ1v) is 7.30. The molecule has 1 saturated heterocycles. The highest BCUT2D eigenvalue weighted by atomic mass is 79.9. The molecule has 0 spiro atoms. The van der Waals surface area contributed by atoms with Crippen LogP contribution in [-0.2, 0) is 0 Å². The van der Waals surface area contributed by atoms with Crippen molar-refractivity contribution in [2.75, 3.05) is 26.7 Å². The normalized spacial score (nSPS) is 19.5. The molecule has 2 rings (SSSR count). The van der Waals surface area contributed by atoms with Crippen LogP contribution < -0.4 is 5.32 Å². The van der Waals surface area contributed by atoms with Gasteiger partial charge in [0.25, 0.3) is 5.91 Å². The molecule has 1 amide bonds. The number of rotatable bonds is 3. The Labute approximate surface area is 121 Å². The number of carbonyl (C=O) groups is 1. The van der Waals surface area contributed by atoms with Crippen LogP contribution in [0.3, 0.4) is 0 Å². The van der Waals surface area contributed by atoms with Crippen LogP contribution in [0.5, 0.6) is 0 Å². The third-order valence-corrected chi connectivity index (χ3v) is 3.95. The van der Waals surface area contributed by atoms with Crippen LogP contribution in [-0.4, -0.2) is 37.5 Å². The summed E-state index contributed by atoms with van der Waals surface area (Å²) in [5.41, 5.74) is 0.152. The Morgan fingerprint density at radius 3 is 3.11 bits per heavy atom. The van der Waals surface area contributed by atoms with Gasteiger partial charge in [-0.15, -0.1) is 0 Å². The van der Waals surface area contributed by atoms with Crippen LogP contribution in [0.2, 0.25) is 0 Å². The van der Waals surface area contributed by atoms with E-state index in [-0.39, 0.29) is 11.5 Å². The van der Waals surface area contributed by atoms with E-state index in [9.17, 15) is 9.18 Å². The Hall–Kier alpha value is -0.940. The molecule has 0 bridgehead atoms. The first kappa shape index (κ1) is 14.5. The van der Waals surface area contributed by atoms with Gasteiger partial charge in [-0.05, 0) is 50.6 Å². The molecule has 1 aliphatic rings. The quantitative estimate of drug-likeness (QED) is 0.925. The first-order valence-electron chi connectivity index (χ1n) is 6.50. The number of carbonyl (C=O) groups excluding carboxylic acids is 1. The smallest absolute Gasteiger partial charge is 0.256 e. The summed E-state index contributed by atoms with van der Waals surface area (Å²) in [7, 11) is 1.91. The fourth-order valence-corrected chi connectivity index (χ4v) is 2.90. The van der Waals surface area contributed by atoms with Crippen molar-refractivity contribution < 1.29 is 9.18 Å². The maximum absolute atomic E-state index is 13.7. The number of nitrogens with zero attached hydrogens (tertiary/aromatic N) is 1. The topological polar surface area (TPSA) is 32.3 Å². The number of benzene rings is 1. The summed E-state index contributed by atoms with van der Waals surface area (Å²) in [4.78, 5) is 14.1. The molecule has 104 valence electrons. The predicted molar refractivity (Wildman–Crippen MR) is 76.7 cm³/mol. The molecule has 1 heterocycles. The van der Waals surface area contributed by atoms with Crippen LogP contribution >= 0.6 is 15.9 Å². The van der Waals surface area contributed by atoms with Gasteiger partial charge in [-0.2, -0.15) is 0 Å². The zero-order valence-electron chi connectivity index (χ0n) is 11.0. The molecule has 0 saturated carbocycles. The number of likely N-dealkylation sites (tertiary alicyclic amines) is 1. The van der Waals surface area contributed by atoms with E-state index in [0.717, 1.165) is 23.9 Å². The summed E-state index contributed by atoms with van der Waals surface area (Å²) >= 11 is 3.28. The Bertz CT molecular complexity index is 465. The molecular weight excluding hydrogens is 311 g/mol. The number of amides is 1. The average molecular weight is 329 g/mol. The van der Waals surface area contributed by atoms with E-state index >= 15 is 0 Å². The number of piperidine rings is 1. The van der Waals surface area contributed by atoms with Crippen LogP contribution in [0.15, 0.2) is 22.7 Å². The van der Waals surface area contributed by atoms with Crippen molar-refractivity contribution in [1.82, 2.24) is 10.2 Å². The van der Waals surface area contributed by atoms with Crippen LogP contribution in [0.4, 0.5) is 4.39 Å². The van der Waals surface area contributed by atoms with Gasteiger partial charge in [-0.25, -0.2) is 4.39 Å². The van der Waals surface area contributed by atoms with Gasteiger partial charge in [-0.3, -0.25) is 4.79 Å². The molecule has 1 aromatic rings. The highest BCUT2D eigenvalue weighted by Crippen LogP contribution is 2.21. The molecular formula is C14H18BrFN2O. The minimum atomic E-state index is -0.455. The molecule has 19 heavy (non-hydrogen) atoms. The maximum atomic E-state index is 13.7. The van der Waals surface area contributed by atoms with Gasteiger partial charge in [0.1, 0.15) is 5.82 Å². The maximum Gasteiger partial charge on any atom is 0.256 e. The largest absolute Gasteiger partial charge is 0.338 e. The number of nitrogens with one attached hydrogen (secondary N) is 1. The lowest BCUT2D eigenvalue weighted by molar-refractivity contribution is 0.0669. The van der Waals surface area contributed by atoms with Gasteiger partial charge in [0.05, 0.1) is 5.56 Å². The van der Waals surface area contributed by atoms with Gasteiger partial charge >= 0.3 is 0 Å². The van der Waals surface area contributed by atoms with Crippen molar-refractivity contribution >= 4 is 21.8 Å². The number of hydrogen-bond acceptors (Lipinski definition) is 2. The third kappa shape index (κ3) is 3.54. The van der Waals surface area contributed by atoms with E-state index in [1.54, 1.807) is 17.0 Å². The summed E-state index contributed by atoms with van der Waals surface area (Å²) in [5, 5.41) is 3.14. The lowest BCUT2D eigenvalue weighted by Gasteiger charge is -2.32. The molecule has 5 heteroatoms. The first-order chi connectivity index (χ1) is 9.11. The van der Waals surface area contributed by atoms with E-state index in [0.29, 0.717) is 19.0 Å². The number of halogens is 2.